The van der Waals surface area contributed by atoms with E-state index in [1.54, 1.807) is 24.3 Å². The van der Waals surface area contributed by atoms with Gasteiger partial charge in [0, 0.05) is 6.54 Å². The van der Waals surface area contributed by atoms with Crippen LogP contribution in [0.4, 0.5) is 0 Å². The van der Waals surface area contributed by atoms with Crippen LogP contribution in [0.1, 0.15) is 38.2 Å². The number of aromatic hydroxyl groups is 1. The second-order valence-electron chi connectivity index (χ2n) is 5.90. The van der Waals surface area contributed by atoms with Crippen molar-refractivity contribution in [3.8, 4) is 5.75 Å². The Hall–Kier alpha value is -1.55. The van der Waals surface area contributed by atoms with Gasteiger partial charge in [0.25, 0.3) is 0 Å². The zero-order valence-electron chi connectivity index (χ0n) is 12.1. The number of carbonyl (C=O) groups excluding carboxylic acids is 1. The van der Waals surface area contributed by atoms with Crippen molar-refractivity contribution in [3.05, 3.63) is 29.8 Å². The molecule has 1 amide bonds. The summed E-state index contributed by atoms with van der Waals surface area (Å²) in [5, 5.41) is 12.4. The van der Waals surface area contributed by atoms with Gasteiger partial charge in [-0.25, -0.2) is 0 Å². The molecule has 0 aromatic heterocycles. The van der Waals surface area contributed by atoms with Crippen LogP contribution in [0.2, 0.25) is 0 Å². The standard InChI is InChI=1S/C16H24N2O2/c1-12-4-2-3-9-16(12,11-17)18-15(20)10-13-5-7-14(19)8-6-13/h5-8,12,19H,2-4,9-11,17H2,1H3,(H,18,20). The molecule has 0 heterocycles. The highest BCUT2D eigenvalue weighted by Gasteiger charge is 2.38. The van der Waals surface area contributed by atoms with Gasteiger partial charge in [0.05, 0.1) is 12.0 Å². The molecule has 2 unspecified atom stereocenters. The summed E-state index contributed by atoms with van der Waals surface area (Å²) in [6.45, 7) is 2.67. The number of amides is 1. The molecule has 1 saturated carbocycles. The van der Waals surface area contributed by atoms with Crippen LogP contribution in [-0.2, 0) is 11.2 Å². The van der Waals surface area contributed by atoms with Gasteiger partial charge in [-0.2, -0.15) is 0 Å². The first kappa shape index (κ1) is 14.9. The van der Waals surface area contributed by atoms with Crippen molar-refractivity contribution < 1.29 is 9.90 Å². The average molecular weight is 276 g/mol. The lowest BCUT2D eigenvalue weighted by Gasteiger charge is -2.42. The van der Waals surface area contributed by atoms with Gasteiger partial charge in [-0.3, -0.25) is 4.79 Å². The highest BCUT2D eigenvalue weighted by atomic mass is 16.3. The minimum absolute atomic E-state index is 0.00916. The molecular formula is C16H24N2O2. The zero-order chi connectivity index (χ0) is 14.6. The smallest absolute Gasteiger partial charge is 0.224 e. The topological polar surface area (TPSA) is 75.3 Å². The summed E-state index contributed by atoms with van der Waals surface area (Å²) < 4.78 is 0. The second-order valence-corrected chi connectivity index (χ2v) is 5.90. The molecule has 1 aromatic carbocycles. The molecule has 0 spiro atoms. The Morgan fingerprint density at radius 2 is 2.10 bits per heavy atom. The van der Waals surface area contributed by atoms with Crippen LogP contribution in [-0.4, -0.2) is 23.1 Å². The van der Waals surface area contributed by atoms with Crippen LogP contribution in [0.5, 0.6) is 5.75 Å². The third kappa shape index (κ3) is 3.31. The molecule has 1 fully saturated rings. The molecule has 0 radical (unpaired) electrons. The van der Waals surface area contributed by atoms with Crippen LogP contribution in [0.15, 0.2) is 24.3 Å². The van der Waals surface area contributed by atoms with Crippen LogP contribution in [0.3, 0.4) is 0 Å². The number of nitrogens with one attached hydrogen (secondary N) is 1. The molecule has 0 saturated heterocycles. The molecular weight excluding hydrogens is 252 g/mol. The molecule has 1 aliphatic carbocycles. The van der Waals surface area contributed by atoms with Crippen molar-refractivity contribution in [2.75, 3.05) is 6.54 Å². The molecule has 4 N–H and O–H groups in total. The summed E-state index contributed by atoms with van der Waals surface area (Å²) in [6, 6.07) is 6.75. The first-order valence-electron chi connectivity index (χ1n) is 7.35. The predicted octanol–water partition coefficient (Wildman–Crippen LogP) is 1.96. The SMILES string of the molecule is CC1CCCCC1(CN)NC(=O)Cc1ccc(O)cc1. The van der Waals surface area contributed by atoms with Crippen molar-refractivity contribution in [2.24, 2.45) is 11.7 Å². The molecule has 1 aromatic rings. The van der Waals surface area contributed by atoms with E-state index in [-0.39, 0.29) is 17.2 Å². The Labute approximate surface area is 120 Å². The van der Waals surface area contributed by atoms with E-state index in [2.05, 4.69) is 12.2 Å². The quantitative estimate of drug-likeness (QED) is 0.787. The van der Waals surface area contributed by atoms with Crippen molar-refractivity contribution in [1.82, 2.24) is 5.32 Å². The van der Waals surface area contributed by atoms with E-state index in [9.17, 15) is 9.90 Å². The average Bonchev–Trinajstić information content (AvgIpc) is 2.44. The van der Waals surface area contributed by atoms with Crippen molar-refractivity contribution in [1.29, 1.82) is 0 Å². The van der Waals surface area contributed by atoms with Gasteiger partial charge in [-0.15, -0.1) is 0 Å². The number of rotatable bonds is 4. The van der Waals surface area contributed by atoms with E-state index in [1.807, 2.05) is 0 Å². The second kappa shape index (κ2) is 6.27. The number of nitrogens with two attached hydrogens (primary N) is 1. The highest BCUT2D eigenvalue weighted by Crippen LogP contribution is 2.32. The monoisotopic (exact) mass is 276 g/mol. The molecule has 4 nitrogen and oxygen atoms in total. The maximum Gasteiger partial charge on any atom is 0.224 e. The molecule has 2 rings (SSSR count). The fourth-order valence-corrected chi connectivity index (χ4v) is 3.07. The van der Waals surface area contributed by atoms with E-state index in [0.717, 1.165) is 24.8 Å². The van der Waals surface area contributed by atoms with Gasteiger partial charge in [-0.05, 0) is 36.5 Å². The minimum Gasteiger partial charge on any atom is -0.508 e. The van der Waals surface area contributed by atoms with E-state index < -0.39 is 0 Å². The third-order valence-electron chi connectivity index (χ3n) is 4.51. The molecule has 110 valence electrons. The van der Waals surface area contributed by atoms with Gasteiger partial charge in [0.15, 0.2) is 0 Å². The lowest BCUT2D eigenvalue weighted by molar-refractivity contribution is -0.123. The maximum absolute atomic E-state index is 12.2. The summed E-state index contributed by atoms with van der Waals surface area (Å²) in [7, 11) is 0. The van der Waals surface area contributed by atoms with E-state index in [0.29, 0.717) is 18.9 Å². The fraction of sp³-hybridized carbons (Fsp3) is 0.562. The number of phenolic OH excluding ortho intramolecular Hbond substituents is 1. The number of hydrogen-bond acceptors (Lipinski definition) is 3. The summed E-state index contributed by atoms with van der Waals surface area (Å²) in [5.74, 6) is 0.647. The van der Waals surface area contributed by atoms with Gasteiger partial charge in [0.2, 0.25) is 5.91 Å². The van der Waals surface area contributed by atoms with Gasteiger partial charge >= 0.3 is 0 Å². The van der Waals surface area contributed by atoms with E-state index in [4.69, 9.17) is 5.73 Å². The number of phenols is 1. The molecule has 4 heteroatoms. The van der Waals surface area contributed by atoms with E-state index in [1.165, 1.54) is 6.42 Å². The first-order chi connectivity index (χ1) is 9.55. The third-order valence-corrected chi connectivity index (χ3v) is 4.51. The predicted molar refractivity (Wildman–Crippen MR) is 79.4 cm³/mol. The lowest BCUT2D eigenvalue weighted by Crippen LogP contribution is -2.59. The highest BCUT2D eigenvalue weighted by molar-refractivity contribution is 5.79. The fourth-order valence-electron chi connectivity index (χ4n) is 3.07. The van der Waals surface area contributed by atoms with E-state index >= 15 is 0 Å². The Balaban J connectivity index is 2.00. The van der Waals surface area contributed by atoms with Crippen LogP contribution < -0.4 is 11.1 Å². The largest absolute Gasteiger partial charge is 0.508 e. The van der Waals surface area contributed by atoms with Crippen molar-refractivity contribution in [2.45, 2.75) is 44.6 Å². The van der Waals surface area contributed by atoms with Crippen molar-refractivity contribution in [3.63, 3.8) is 0 Å². The number of carbonyl (C=O) groups is 1. The first-order valence-corrected chi connectivity index (χ1v) is 7.35. The molecule has 0 aliphatic heterocycles. The Bertz CT molecular complexity index is 458. The summed E-state index contributed by atoms with van der Waals surface area (Å²) >= 11 is 0. The minimum atomic E-state index is -0.244. The van der Waals surface area contributed by atoms with Crippen molar-refractivity contribution >= 4 is 5.91 Å². The lowest BCUT2D eigenvalue weighted by atomic mass is 9.73. The normalized spacial score (nSPS) is 26.2. The van der Waals surface area contributed by atoms with Crippen LogP contribution >= 0.6 is 0 Å². The maximum atomic E-state index is 12.2. The Morgan fingerprint density at radius 3 is 2.70 bits per heavy atom. The van der Waals surface area contributed by atoms with Gasteiger partial charge in [-0.1, -0.05) is 31.9 Å². The van der Waals surface area contributed by atoms with Crippen LogP contribution in [0, 0.1) is 5.92 Å². The number of hydrogen-bond donors (Lipinski definition) is 3. The zero-order valence-corrected chi connectivity index (χ0v) is 12.1. The summed E-state index contributed by atoms with van der Waals surface area (Å²) in [6.07, 6.45) is 4.76. The Morgan fingerprint density at radius 1 is 1.40 bits per heavy atom. The molecule has 0 bridgehead atoms. The van der Waals surface area contributed by atoms with Gasteiger partial charge in [0.1, 0.15) is 5.75 Å². The van der Waals surface area contributed by atoms with Crippen LogP contribution in [0.25, 0.3) is 0 Å². The molecule has 1 aliphatic rings. The summed E-state index contributed by atoms with van der Waals surface area (Å²) in [4.78, 5) is 12.2. The molecule has 2 atom stereocenters. The Kier molecular flexibility index (Phi) is 4.65. The molecule has 20 heavy (non-hydrogen) atoms. The summed E-state index contributed by atoms with van der Waals surface area (Å²) in [5.41, 5.74) is 6.60. The van der Waals surface area contributed by atoms with Gasteiger partial charge < -0.3 is 16.2 Å². The number of benzene rings is 1.